The molecule has 0 aliphatic carbocycles. The zero-order valence-corrected chi connectivity index (χ0v) is 44.3. The number of aliphatic hydroxyl groups is 1. The van der Waals surface area contributed by atoms with Gasteiger partial charge in [0.2, 0.25) is 23.6 Å². The van der Waals surface area contributed by atoms with Crippen molar-refractivity contribution in [2.45, 2.75) is 124 Å². The second kappa shape index (κ2) is 21.5. The second-order valence-electron chi connectivity index (χ2n) is 20.1. The third kappa shape index (κ3) is 11.3. The number of aromatic nitrogens is 4. The number of hydrogen-bond acceptors (Lipinski definition) is 12. The summed E-state index contributed by atoms with van der Waals surface area (Å²) in [5.41, 5.74) is 8.81. The maximum absolute atomic E-state index is 14.3. The van der Waals surface area contributed by atoms with E-state index in [0.29, 0.717) is 62.0 Å². The van der Waals surface area contributed by atoms with Crippen LogP contribution in [0.5, 0.6) is 0 Å². The number of piperazine rings is 1. The van der Waals surface area contributed by atoms with Crippen LogP contribution < -0.4 is 10.6 Å². The van der Waals surface area contributed by atoms with E-state index in [0.717, 1.165) is 54.9 Å². The van der Waals surface area contributed by atoms with E-state index in [1.165, 1.54) is 4.88 Å². The first-order valence-corrected chi connectivity index (χ1v) is 26.5. The van der Waals surface area contributed by atoms with Gasteiger partial charge >= 0.3 is 0 Å². The lowest BCUT2D eigenvalue weighted by atomic mass is 9.85. The smallest absolute Gasteiger partial charge is 0.246 e. The van der Waals surface area contributed by atoms with Gasteiger partial charge in [-0.2, -0.15) is 0 Å². The Hall–Kier alpha value is -5.75. The summed E-state index contributed by atoms with van der Waals surface area (Å²) in [6, 6.07) is 13.9. The molecule has 0 radical (unpaired) electrons. The molecular weight excluding hydrogens is 956 g/mol. The number of unbranched alkanes of at least 4 members (excludes halogenated alkanes) is 1. The number of rotatable bonds is 15. The number of thiazole rings is 1. The van der Waals surface area contributed by atoms with Crippen molar-refractivity contribution in [3.05, 3.63) is 116 Å². The minimum Gasteiger partial charge on any atom is -0.391 e. The lowest BCUT2D eigenvalue weighted by molar-refractivity contribution is -0.140. The molecule has 2 fully saturated rings. The summed E-state index contributed by atoms with van der Waals surface area (Å²) in [5, 5.41) is 27.9. The van der Waals surface area contributed by atoms with Gasteiger partial charge in [0.05, 0.1) is 40.4 Å². The number of β-amino-alcohol motifs (C(OH)–C–C–N with tert-alkyl or cyclic N) is 1. The molecule has 8 rings (SSSR count). The molecule has 0 spiro atoms. The van der Waals surface area contributed by atoms with Gasteiger partial charge in [-0.05, 0) is 81.7 Å². The van der Waals surface area contributed by atoms with Crippen molar-refractivity contribution in [1.29, 1.82) is 0 Å². The number of aliphatic hydroxyl groups excluding tert-OH is 1. The van der Waals surface area contributed by atoms with E-state index in [9.17, 15) is 24.3 Å². The highest BCUT2D eigenvalue weighted by molar-refractivity contribution is 7.15. The largest absolute Gasteiger partial charge is 0.391 e. The molecule has 2 aromatic carbocycles. The van der Waals surface area contributed by atoms with E-state index >= 15 is 0 Å². The molecule has 3 aliphatic rings. The topological polar surface area (TPSA) is 178 Å². The molecule has 6 heterocycles. The predicted molar refractivity (Wildman–Crippen MR) is 280 cm³/mol. The maximum atomic E-state index is 14.3. The number of likely N-dealkylation sites (tertiary alicyclic amines) is 1. The van der Waals surface area contributed by atoms with Crippen molar-refractivity contribution in [3.8, 4) is 15.4 Å². The Labute approximate surface area is 429 Å². The summed E-state index contributed by atoms with van der Waals surface area (Å²) in [7, 11) is 0. The molecule has 0 saturated carbocycles. The van der Waals surface area contributed by atoms with Gasteiger partial charge in [-0.1, -0.05) is 75.3 Å². The lowest BCUT2D eigenvalue weighted by Gasteiger charge is -2.36. The molecule has 5 aromatic rings. The number of amides is 4. The monoisotopic (exact) mass is 1020 g/mol. The molecule has 71 heavy (non-hydrogen) atoms. The summed E-state index contributed by atoms with van der Waals surface area (Å²) < 4.78 is 2.04. The highest BCUT2D eigenvalue weighted by atomic mass is 35.5. The Morgan fingerprint density at radius 2 is 1.54 bits per heavy atom. The number of halogens is 1. The van der Waals surface area contributed by atoms with Crippen LogP contribution in [0.3, 0.4) is 0 Å². The zero-order valence-electron chi connectivity index (χ0n) is 41.9. The Balaban J connectivity index is 0.811. The van der Waals surface area contributed by atoms with Crippen molar-refractivity contribution in [3.63, 3.8) is 0 Å². The van der Waals surface area contributed by atoms with Gasteiger partial charge in [0.1, 0.15) is 22.9 Å². The highest BCUT2D eigenvalue weighted by Gasteiger charge is 2.43. The van der Waals surface area contributed by atoms with Gasteiger partial charge in [-0.25, -0.2) is 4.98 Å². The molecule has 0 unspecified atom stereocenters. The Morgan fingerprint density at radius 3 is 2.18 bits per heavy atom. The SMILES string of the molecule is C=C(N[C@@H](C)c1ccc(-c2scnc2C)cc1)[C@@H]1C[C@@H](O)CN1C(=O)[C@@H](NC(=O)CCCCC(=O)N1CCN(C(=O)C[C@@H]2N=C(c3ccc(Cl)cc3)c3c(sc(C)c3C)-n3c(C)nnc32)CC1)C(C)(C)C. The summed E-state index contributed by atoms with van der Waals surface area (Å²) in [6.07, 6.45) is 1.08. The van der Waals surface area contributed by atoms with Crippen LogP contribution in [-0.4, -0.2) is 120 Å². The van der Waals surface area contributed by atoms with Crippen LogP contribution in [-0.2, 0) is 19.2 Å². The van der Waals surface area contributed by atoms with E-state index in [4.69, 9.17) is 16.6 Å². The summed E-state index contributed by atoms with van der Waals surface area (Å²) >= 11 is 9.55. The molecule has 376 valence electrons. The summed E-state index contributed by atoms with van der Waals surface area (Å²) in [4.78, 5) is 72.3. The Bertz CT molecular complexity index is 2820. The number of aryl methyl sites for hydroxylation is 3. The van der Waals surface area contributed by atoms with Gasteiger partial charge in [0.15, 0.2) is 5.82 Å². The van der Waals surface area contributed by atoms with E-state index in [-0.39, 0.29) is 55.5 Å². The first kappa shape index (κ1) is 51.6. The molecule has 0 bridgehead atoms. The molecule has 15 nitrogen and oxygen atoms in total. The first-order chi connectivity index (χ1) is 33.8. The van der Waals surface area contributed by atoms with Gasteiger partial charge < -0.3 is 30.4 Å². The van der Waals surface area contributed by atoms with E-state index < -0.39 is 29.6 Å². The molecule has 3 aliphatic heterocycles. The lowest BCUT2D eigenvalue weighted by Crippen LogP contribution is -2.56. The van der Waals surface area contributed by atoms with Gasteiger partial charge in [0, 0.05) is 84.8 Å². The number of nitrogens with zero attached hydrogens (tertiary/aromatic N) is 8. The van der Waals surface area contributed by atoms with E-state index in [2.05, 4.69) is 70.5 Å². The fourth-order valence-electron chi connectivity index (χ4n) is 9.75. The third-order valence-corrected chi connectivity index (χ3v) is 16.4. The fraction of sp³-hybridized carbons (Fsp3) is 0.472. The number of carbonyl (C=O) groups is 4. The third-order valence-electron chi connectivity index (χ3n) is 14.0. The predicted octanol–water partition coefficient (Wildman–Crippen LogP) is 8.21. The molecule has 4 amide bonds. The summed E-state index contributed by atoms with van der Waals surface area (Å²) in [5.74, 6) is 0.699. The molecular formula is C53H65ClN10O5S2. The molecule has 5 atom stereocenters. The molecule has 3 N–H and O–H groups in total. The van der Waals surface area contributed by atoms with Crippen molar-refractivity contribution in [1.82, 2.24) is 45.1 Å². The van der Waals surface area contributed by atoms with Crippen molar-refractivity contribution < 1.29 is 24.3 Å². The highest BCUT2D eigenvalue weighted by Crippen LogP contribution is 2.40. The van der Waals surface area contributed by atoms with E-state index in [1.807, 2.05) is 75.9 Å². The maximum Gasteiger partial charge on any atom is 0.246 e. The number of nitrogens with one attached hydrogen (secondary N) is 2. The number of hydrogen-bond donors (Lipinski definition) is 3. The quantitative estimate of drug-likeness (QED) is 0.0873. The van der Waals surface area contributed by atoms with Crippen LogP contribution in [0, 0.1) is 33.1 Å². The minimum atomic E-state index is -0.846. The van der Waals surface area contributed by atoms with Crippen molar-refractivity contribution >= 4 is 63.6 Å². The average molecular weight is 1020 g/mol. The average Bonchev–Trinajstić information content (AvgIpc) is 4.11. The van der Waals surface area contributed by atoms with Crippen LogP contribution in [0.15, 0.2) is 71.3 Å². The van der Waals surface area contributed by atoms with Crippen molar-refractivity contribution in [2.24, 2.45) is 10.4 Å². The minimum absolute atomic E-state index is 0.0218. The van der Waals surface area contributed by atoms with Gasteiger partial charge in [0.25, 0.3) is 0 Å². The van der Waals surface area contributed by atoms with Gasteiger partial charge in [-0.3, -0.25) is 28.7 Å². The Morgan fingerprint density at radius 1 is 0.887 bits per heavy atom. The van der Waals surface area contributed by atoms with Crippen LogP contribution >= 0.6 is 34.3 Å². The van der Waals surface area contributed by atoms with Crippen LogP contribution in [0.1, 0.15) is 123 Å². The second-order valence-corrected chi connectivity index (χ2v) is 22.6. The molecule has 18 heteroatoms. The number of thiophene rings is 1. The Kier molecular flexibility index (Phi) is 15.7. The van der Waals surface area contributed by atoms with E-state index in [1.54, 1.807) is 37.4 Å². The number of aliphatic imine (C=N–C) groups is 1. The van der Waals surface area contributed by atoms with Gasteiger partial charge in [-0.15, -0.1) is 32.9 Å². The number of fused-ring (bicyclic) bond motifs is 3. The molecule has 2 saturated heterocycles. The normalized spacial score (nSPS) is 18.8. The van der Waals surface area contributed by atoms with Crippen LogP contribution in [0.2, 0.25) is 5.02 Å². The van der Waals surface area contributed by atoms with Crippen molar-refractivity contribution in [2.75, 3.05) is 32.7 Å². The molecule has 3 aromatic heterocycles. The summed E-state index contributed by atoms with van der Waals surface area (Å²) in [6.45, 7) is 21.9. The number of carbonyl (C=O) groups excluding carboxylic acids is 4. The first-order valence-electron chi connectivity index (χ1n) is 24.4. The van der Waals surface area contributed by atoms with Crippen LogP contribution in [0.4, 0.5) is 0 Å². The standard InChI is InChI=1S/C53H65ClN10O5S2/c1-30-34(5)71-52-46(30)47(37-18-20-39(54)21-19-37)57-41(50-60-59-35(6)64(50)52)27-45(68)62-24-22-61(23-25-62)44(67)13-11-10-12-43(66)58-49(53(7,8)9)51(69)63-28-40(65)26-42(63)32(3)56-31(2)36-14-16-38(17-15-36)48-33(4)55-29-70-48/h14-21,29,31,40-42,49,56,65H,3,10-13,22-28H2,1-2,4-9H3,(H,58,66)/t31-,40+,41-,42-,49+/m0/s1. The fourth-order valence-corrected chi connectivity index (χ4v) is 11.9. The number of benzene rings is 2. The zero-order chi connectivity index (χ0) is 50.9. The van der Waals surface area contributed by atoms with Crippen LogP contribution in [0.25, 0.3) is 15.4 Å².